The number of carbonyl (C=O) groups is 2. The Hall–Kier alpha value is -3.25. The second-order valence-electron chi connectivity index (χ2n) is 8.54. The second kappa shape index (κ2) is 11.7. The number of nitrogens with zero attached hydrogens (tertiary/aromatic N) is 2. The molecule has 0 saturated heterocycles. The van der Waals surface area contributed by atoms with Crippen molar-refractivity contribution in [2.24, 2.45) is 0 Å². The lowest BCUT2D eigenvalue weighted by Crippen LogP contribution is -2.58. The molecule has 36 heavy (non-hydrogen) atoms. The van der Waals surface area contributed by atoms with Gasteiger partial charge in [-0.25, -0.2) is 4.79 Å². The number of alkyl halides is 3. The van der Waals surface area contributed by atoms with Crippen LogP contribution in [0.25, 0.3) is 11.5 Å². The lowest BCUT2D eigenvalue weighted by molar-refractivity contribution is -0.137. The van der Waals surface area contributed by atoms with E-state index in [1.807, 2.05) is 13.8 Å². The van der Waals surface area contributed by atoms with E-state index < -0.39 is 35.9 Å². The summed E-state index contributed by atoms with van der Waals surface area (Å²) >= 11 is 0. The molecular weight excluding hydrogens is 481 g/mol. The number of ether oxygens (including phenoxy) is 1. The number of rotatable bonds is 10. The van der Waals surface area contributed by atoms with Gasteiger partial charge in [-0.15, -0.1) is 0 Å². The molecule has 0 radical (unpaired) electrons. The normalized spacial score (nSPS) is 20.3. The maximum Gasteiger partial charge on any atom is 0.416 e. The van der Waals surface area contributed by atoms with Crippen LogP contribution in [0, 0.1) is 0 Å². The molecule has 9 nitrogen and oxygen atoms in total. The van der Waals surface area contributed by atoms with Crippen molar-refractivity contribution in [3.8, 4) is 11.5 Å². The van der Waals surface area contributed by atoms with Crippen molar-refractivity contribution in [3.63, 3.8) is 0 Å². The Labute approximate surface area is 206 Å². The summed E-state index contributed by atoms with van der Waals surface area (Å²) in [6.45, 7) is 5.37. The minimum atomic E-state index is -4.45. The Morgan fingerprint density at radius 1 is 1.22 bits per heavy atom. The predicted molar refractivity (Wildman–Crippen MR) is 123 cm³/mol. The third kappa shape index (κ3) is 6.91. The minimum Gasteiger partial charge on any atom is -0.478 e. The molecule has 196 valence electrons. The SMILES string of the molecule is CCC(CC)O[C@@H]1C=C(C(=O)O)C[C@H](NCc2noc(-c3ccc(C(F)(F)F)cc3)n2)[C@H]1NC(C)=O. The number of nitrogens with one attached hydrogen (secondary N) is 2. The van der Waals surface area contributed by atoms with Crippen LogP contribution in [0.3, 0.4) is 0 Å². The molecule has 3 N–H and O–H groups in total. The second-order valence-corrected chi connectivity index (χ2v) is 8.54. The van der Waals surface area contributed by atoms with E-state index in [4.69, 9.17) is 9.26 Å². The average Bonchev–Trinajstić information content (AvgIpc) is 3.30. The molecule has 0 saturated carbocycles. The van der Waals surface area contributed by atoms with Crippen LogP contribution in [0.2, 0.25) is 0 Å². The summed E-state index contributed by atoms with van der Waals surface area (Å²) in [7, 11) is 0. The molecule has 1 heterocycles. The number of carboxylic acid groups (broad SMARTS) is 1. The summed E-state index contributed by atoms with van der Waals surface area (Å²) < 4.78 is 49.7. The van der Waals surface area contributed by atoms with Gasteiger partial charge in [-0.2, -0.15) is 18.2 Å². The molecular formula is C24H29F3N4O5. The summed E-state index contributed by atoms with van der Waals surface area (Å²) in [5, 5.41) is 19.5. The fourth-order valence-corrected chi connectivity index (χ4v) is 4.03. The van der Waals surface area contributed by atoms with Crippen LogP contribution in [0.5, 0.6) is 0 Å². The van der Waals surface area contributed by atoms with E-state index in [0.29, 0.717) is 5.56 Å². The van der Waals surface area contributed by atoms with Gasteiger partial charge in [0.25, 0.3) is 5.89 Å². The van der Waals surface area contributed by atoms with Gasteiger partial charge in [-0.3, -0.25) is 4.79 Å². The van der Waals surface area contributed by atoms with Crippen LogP contribution < -0.4 is 10.6 Å². The Morgan fingerprint density at radius 2 is 1.89 bits per heavy atom. The Morgan fingerprint density at radius 3 is 2.44 bits per heavy atom. The average molecular weight is 511 g/mol. The lowest BCUT2D eigenvalue weighted by atomic mass is 9.87. The van der Waals surface area contributed by atoms with Gasteiger partial charge < -0.3 is 25.0 Å². The Kier molecular flexibility index (Phi) is 8.85. The van der Waals surface area contributed by atoms with E-state index in [-0.39, 0.29) is 42.3 Å². The molecule has 1 aliphatic rings. The van der Waals surface area contributed by atoms with Crippen molar-refractivity contribution in [2.75, 3.05) is 0 Å². The molecule has 0 spiro atoms. The summed E-state index contributed by atoms with van der Waals surface area (Å²) in [4.78, 5) is 27.9. The zero-order valence-electron chi connectivity index (χ0n) is 20.1. The molecule has 1 aromatic heterocycles. The highest BCUT2D eigenvalue weighted by Gasteiger charge is 2.37. The van der Waals surface area contributed by atoms with E-state index in [1.165, 1.54) is 25.1 Å². The van der Waals surface area contributed by atoms with Gasteiger partial charge in [-0.1, -0.05) is 19.0 Å². The largest absolute Gasteiger partial charge is 0.478 e. The van der Waals surface area contributed by atoms with Crippen LogP contribution in [0.15, 0.2) is 40.4 Å². The number of aliphatic carboxylic acids is 1. The number of hydrogen-bond donors (Lipinski definition) is 3. The molecule has 1 aromatic carbocycles. The first kappa shape index (κ1) is 27.3. The highest BCUT2D eigenvalue weighted by molar-refractivity contribution is 5.87. The van der Waals surface area contributed by atoms with Gasteiger partial charge in [0.05, 0.1) is 30.4 Å². The van der Waals surface area contributed by atoms with Crippen LogP contribution >= 0.6 is 0 Å². The number of aromatic nitrogens is 2. The molecule has 0 bridgehead atoms. The maximum atomic E-state index is 12.8. The summed E-state index contributed by atoms with van der Waals surface area (Å²) in [6.07, 6.45) is -2.12. The zero-order valence-corrected chi connectivity index (χ0v) is 20.1. The first-order valence-corrected chi connectivity index (χ1v) is 11.6. The monoisotopic (exact) mass is 510 g/mol. The lowest BCUT2D eigenvalue weighted by Gasteiger charge is -2.38. The zero-order chi connectivity index (χ0) is 26.5. The smallest absolute Gasteiger partial charge is 0.416 e. The third-order valence-corrected chi connectivity index (χ3v) is 5.95. The van der Waals surface area contributed by atoms with Crippen LogP contribution in [0.1, 0.15) is 51.4 Å². The van der Waals surface area contributed by atoms with E-state index in [2.05, 4.69) is 20.8 Å². The minimum absolute atomic E-state index is 0.0450. The number of amides is 1. The fourth-order valence-electron chi connectivity index (χ4n) is 4.03. The molecule has 12 heteroatoms. The Bertz CT molecular complexity index is 1080. The summed E-state index contributed by atoms with van der Waals surface area (Å²) in [5.74, 6) is -1.11. The first-order valence-electron chi connectivity index (χ1n) is 11.6. The van der Waals surface area contributed by atoms with Crippen molar-refractivity contribution in [2.45, 2.75) is 77.0 Å². The number of carbonyl (C=O) groups excluding carboxylic acids is 1. The molecule has 2 aromatic rings. The maximum absolute atomic E-state index is 12.8. The van der Waals surface area contributed by atoms with E-state index in [9.17, 15) is 27.9 Å². The Balaban J connectivity index is 1.76. The molecule has 0 aliphatic heterocycles. The van der Waals surface area contributed by atoms with E-state index in [0.717, 1.165) is 25.0 Å². The predicted octanol–water partition coefficient (Wildman–Crippen LogP) is 3.71. The van der Waals surface area contributed by atoms with Crippen molar-refractivity contribution >= 4 is 11.9 Å². The van der Waals surface area contributed by atoms with Gasteiger partial charge >= 0.3 is 12.1 Å². The van der Waals surface area contributed by atoms with E-state index in [1.54, 1.807) is 0 Å². The van der Waals surface area contributed by atoms with E-state index >= 15 is 0 Å². The number of halogens is 3. The molecule has 1 aliphatic carbocycles. The topological polar surface area (TPSA) is 127 Å². The molecule has 0 unspecified atom stereocenters. The summed E-state index contributed by atoms with van der Waals surface area (Å²) in [5.41, 5.74) is -0.310. The summed E-state index contributed by atoms with van der Waals surface area (Å²) in [6, 6.07) is 3.27. The number of carboxylic acids is 1. The van der Waals surface area contributed by atoms with Crippen LogP contribution in [-0.4, -0.2) is 51.4 Å². The van der Waals surface area contributed by atoms with Gasteiger partial charge in [0, 0.05) is 24.1 Å². The number of hydrogen-bond acceptors (Lipinski definition) is 7. The van der Waals surface area contributed by atoms with Gasteiger partial charge in [0.15, 0.2) is 5.82 Å². The quantitative estimate of drug-likeness (QED) is 0.442. The molecule has 3 atom stereocenters. The first-order chi connectivity index (χ1) is 17.0. The fraction of sp³-hybridized carbons (Fsp3) is 0.500. The van der Waals surface area contributed by atoms with Crippen molar-refractivity contribution in [3.05, 3.63) is 47.3 Å². The third-order valence-electron chi connectivity index (χ3n) is 5.95. The van der Waals surface area contributed by atoms with Crippen LogP contribution in [0.4, 0.5) is 13.2 Å². The number of benzene rings is 1. The molecule has 0 fully saturated rings. The van der Waals surface area contributed by atoms with Crippen molar-refractivity contribution in [1.82, 2.24) is 20.8 Å². The standard InChI is InChI=1S/C24H29F3N4O5/c1-4-17(5-2)35-19-11-15(23(33)34)10-18(21(19)29-13(3)32)28-12-20-30-22(36-31-20)14-6-8-16(9-7-14)24(25,26)27/h6-9,11,17-19,21,28H,4-5,10,12H2,1-3H3,(H,29,32)(H,33,34)/t18-,19+,21+/m0/s1. The molecule has 1 amide bonds. The van der Waals surface area contributed by atoms with Crippen LogP contribution in [-0.2, 0) is 27.0 Å². The molecule has 3 rings (SSSR count). The highest BCUT2D eigenvalue weighted by Crippen LogP contribution is 2.31. The van der Waals surface area contributed by atoms with Gasteiger partial charge in [-0.05, 0) is 49.6 Å². The highest BCUT2D eigenvalue weighted by atomic mass is 19.4. The van der Waals surface area contributed by atoms with Crippen molar-refractivity contribution < 1.29 is 37.1 Å². The van der Waals surface area contributed by atoms with Crippen molar-refractivity contribution in [1.29, 1.82) is 0 Å². The van der Waals surface area contributed by atoms with Gasteiger partial charge in [0.2, 0.25) is 5.91 Å². The van der Waals surface area contributed by atoms with Gasteiger partial charge in [0.1, 0.15) is 0 Å².